The van der Waals surface area contributed by atoms with Crippen molar-refractivity contribution in [2.45, 2.75) is 4.90 Å². The molecule has 2 rings (SSSR count). The number of Topliss-reactive ketones (excluding diaryl/α,β-unsaturated/α-hetero) is 1. The second kappa shape index (κ2) is 3.85. The van der Waals surface area contributed by atoms with Gasteiger partial charge in [-0.1, -0.05) is 0 Å². The van der Waals surface area contributed by atoms with Gasteiger partial charge in [0.2, 0.25) is 5.78 Å². The third kappa shape index (κ3) is 1.75. The third-order valence-electron chi connectivity index (χ3n) is 2.43. The molecule has 7 heteroatoms. The van der Waals surface area contributed by atoms with Crippen molar-refractivity contribution in [3.63, 3.8) is 0 Å². The number of ketones is 1. The molecule has 0 atom stereocenters. The van der Waals surface area contributed by atoms with Crippen LogP contribution in [0.25, 0.3) is 0 Å². The quantitative estimate of drug-likeness (QED) is 0.715. The van der Waals surface area contributed by atoms with E-state index in [1.807, 2.05) is 0 Å². The van der Waals surface area contributed by atoms with Crippen molar-refractivity contribution in [2.75, 3.05) is 21.1 Å². The maximum Gasteiger partial charge on any atom is 0.265 e. The first-order valence-electron chi connectivity index (χ1n) is 4.85. The molecule has 1 aliphatic heterocycles. The standard InChI is InChI=1S/C10H12N2O3S2/c1-11(2)6-7-9(13)10-8(4-5-16-10)17(14,15)12(7)3/h4-6H,1-3H3. The predicted molar refractivity (Wildman–Crippen MR) is 65.4 cm³/mol. The summed E-state index contributed by atoms with van der Waals surface area (Å²) in [7, 11) is 1.30. The molecule has 0 aliphatic carbocycles. The van der Waals surface area contributed by atoms with Gasteiger partial charge in [0.15, 0.2) is 0 Å². The van der Waals surface area contributed by atoms with E-state index in [0.717, 1.165) is 15.6 Å². The summed E-state index contributed by atoms with van der Waals surface area (Å²) < 4.78 is 25.3. The number of fused-ring (bicyclic) bond motifs is 1. The van der Waals surface area contributed by atoms with Gasteiger partial charge >= 0.3 is 0 Å². The molecule has 0 bridgehead atoms. The molecule has 0 spiro atoms. The number of carbonyl (C=O) groups excluding carboxylic acids is 1. The van der Waals surface area contributed by atoms with Crippen LogP contribution in [0.5, 0.6) is 0 Å². The molecular weight excluding hydrogens is 260 g/mol. The van der Waals surface area contributed by atoms with Crippen LogP contribution in [0.2, 0.25) is 0 Å². The number of hydrogen-bond acceptors (Lipinski definition) is 5. The molecule has 92 valence electrons. The summed E-state index contributed by atoms with van der Waals surface area (Å²) in [6.07, 6.45) is 1.52. The van der Waals surface area contributed by atoms with Gasteiger partial charge in [-0.15, -0.1) is 11.3 Å². The lowest BCUT2D eigenvalue weighted by Gasteiger charge is -2.26. The van der Waals surface area contributed by atoms with E-state index in [9.17, 15) is 13.2 Å². The van der Waals surface area contributed by atoms with Gasteiger partial charge in [0, 0.05) is 27.3 Å². The highest BCUT2D eigenvalue weighted by Gasteiger charge is 2.38. The van der Waals surface area contributed by atoms with Crippen LogP contribution in [0.3, 0.4) is 0 Å². The van der Waals surface area contributed by atoms with Crippen LogP contribution in [0.15, 0.2) is 28.2 Å². The highest BCUT2D eigenvalue weighted by atomic mass is 32.2. The first-order valence-corrected chi connectivity index (χ1v) is 7.17. The Labute approximate surface area is 104 Å². The SMILES string of the molecule is CN(C)C=C1C(=O)c2sccc2S(=O)(=O)N1C. The normalized spacial score (nSPS) is 20.5. The average Bonchev–Trinajstić information content (AvgIpc) is 2.71. The van der Waals surface area contributed by atoms with Crippen LogP contribution in [0.4, 0.5) is 0 Å². The highest BCUT2D eigenvalue weighted by Crippen LogP contribution is 2.34. The fourth-order valence-electron chi connectivity index (χ4n) is 1.59. The third-order valence-corrected chi connectivity index (χ3v) is 5.28. The van der Waals surface area contributed by atoms with Crippen LogP contribution in [0.1, 0.15) is 9.67 Å². The fourth-order valence-corrected chi connectivity index (χ4v) is 4.12. The predicted octanol–water partition coefficient (Wildman–Crippen LogP) is 0.968. The summed E-state index contributed by atoms with van der Waals surface area (Å²) in [5.41, 5.74) is 0.171. The van der Waals surface area contributed by atoms with Gasteiger partial charge in [0.05, 0.1) is 4.88 Å². The lowest BCUT2D eigenvalue weighted by molar-refractivity contribution is 0.101. The van der Waals surface area contributed by atoms with Gasteiger partial charge in [-0.25, -0.2) is 8.42 Å². The van der Waals surface area contributed by atoms with E-state index in [1.165, 1.54) is 19.3 Å². The minimum absolute atomic E-state index is 0.103. The van der Waals surface area contributed by atoms with E-state index < -0.39 is 10.0 Å². The van der Waals surface area contributed by atoms with E-state index in [1.54, 1.807) is 24.4 Å². The molecule has 1 aliphatic rings. The monoisotopic (exact) mass is 272 g/mol. The molecule has 17 heavy (non-hydrogen) atoms. The zero-order valence-electron chi connectivity index (χ0n) is 9.67. The van der Waals surface area contributed by atoms with Gasteiger partial charge in [0.25, 0.3) is 10.0 Å². The molecule has 0 fully saturated rings. The molecule has 5 nitrogen and oxygen atoms in total. The fraction of sp³-hybridized carbons (Fsp3) is 0.300. The van der Waals surface area contributed by atoms with Crippen LogP contribution in [-0.4, -0.2) is 44.5 Å². The lowest BCUT2D eigenvalue weighted by atomic mass is 10.2. The van der Waals surface area contributed by atoms with Crippen molar-refractivity contribution >= 4 is 27.1 Å². The average molecular weight is 272 g/mol. The Hall–Kier alpha value is -1.34. The van der Waals surface area contributed by atoms with Gasteiger partial charge < -0.3 is 4.90 Å². The van der Waals surface area contributed by atoms with Crippen molar-refractivity contribution in [2.24, 2.45) is 0 Å². The maximum absolute atomic E-state index is 12.1. The minimum atomic E-state index is -3.58. The summed E-state index contributed by atoms with van der Waals surface area (Å²) in [5, 5.41) is 1.62. The molecule has 1 aromatic rings. The van der Waals surface area contributed by atoms with Crippen molar-refractivity contribution in [1.29, 1.82) is 0 Å². The summed E-state index contributed by atoms with van der Waals surface area (Å²) in [6, 6.07) is 1.47. The second-order valence-electron chi connectivity index (χ2n) is 3.89. The molecule has 0 aromatic carbocycles. The van der Waals surface area contributed by atoms with Crippen molar-refractivity contribution < 1.29 is 13.2 Å². The summed E-state index contributed by atoms with van der Waals surface area (Å²) in [5.74, 6) is -0.249. The first kappa shape index (κ1) is 12.1. The molecule has 0 saturated carbocycles. The van der Waals surface area contributed by atoms with Crippen molar-refractivity contribution in [1.82, 2.24) is 9.21 Å². The van der Waals surface area contributed by atoms with Crippen molar-refractivity contribution in [3.8, 4) is 0 Å². The van der Waals surface area contributed by atoms with Crippen LogP contribution in [0, 0.1) is 0 Å². The number of thiophene rings is 1. The highest BCUT2D eigenvalue weighted by molar-refractivity contribution is 7.89. The van der Waals surface area contributed by atoms with Crippen molar-refractivity contribution in [3.05, 3.63) is 28.2 Å². The van der Waals surface area contributed by atoms with E-state index in [-0.39, 0.29) is 21.3 Å². The molecule has 0 radical (unpaired) electrons. The topological polar surface area (TPSA) is 57.7 Å². The van der Waals surface area contributed by atoms with Gasteiger partial charge in [0.1, 0.15) is 10.6 Å². The number of sulfonamides is 1. The molecule has 0 saturated heterocycles. The number of nitrogens with zero attached hydrogens (tertiary/aromatic N) is 2. The smallest absolute Gasteiger partial charge is 0.265 e. The van der Waals surface area contributed by atoms with E-state index in [4.69, 9.17) is 0 Å². The van der Waals surface area contributed by atoms with Crippen LogP contribution in [-0.2, 0) is 10.0 Å². The molecule has 0 unspecified atom stereocenters. The number of likely N-dealkylation sites (N-methyl/N-ethyl adjacent to an activating group) is 1. The summed E-state index contributed by atoms with van der Waals surface area (Å²) in [4.78, 5) is 14.2. The number of hydrogen-bond donors (Lipinski definition) is 0. The zero-order chi connectivity index (χ0) is 12.8. The summed E-state index contributed by atoms with van der Waals surface area (Å²) >= 11 is 1.15. The Bertz CT molecular complexity index is 599. The molecule has 1 aromatic heterocycles. The molecular formula is C10H12N2O3S2. The van der Waals surface area contributed by atoms with Crippen LogP contribution >= 0.6 is 11.3 Å². The van der Waals surface area contributed by atoms with E-state index in [2.05, 4.69) is 0 Å². The molecule has 2 heterocycles. The van der Waals surface area contributed by atoms with Gasteiger partial charge in [-0.3, -0.25) is 9.10 Å². The van der Waals surface area contributed by atoms with E-state index in [0.29, 0.717) is 0 Å². The Balaban J connectivity index is 2.69. The second-order valence-corrected chi connectivity index (χ2v) is 6.75. The van der Waals surface area contributed by atoms with Crippen LogP contribution < -0.4 is 0 Å². The zero-order valence-corrected chi connectivity index (χ0v) is 11.3. The number of carbonyl (C=O) groups is 1. The van der Waals surface area contributed by atoms with Gasteiger partial charge in [-0.2, -0.15) is 0 Å². The maximum atomic E-state index is 12.1. The molecule has 0 amide bonds. The Morgan fingerprint density at radius 3 is 2.65 bits per heavy atom. The Morgan fingerprint density at radius 2 is 2.06 bits per heavy atom. The first-order chi connectivity index (χ1) is 7.85. The number of rotatable bonds is 1. The molecule has 0 N–H and O–H groups in total. The Morgan fingerprint density at radius 1 is 1.41 bits per heavy atom. The Kier molecular flexibility index (Phi) is 2.75. The summed E-state index contributed by atoms with van der Waals surface area (Å²) in [6.45, 7) is 0. The van der Waals surface area contributed by atoms with Gasteiger partial charge in [-0.05, 0) is 11.4 Å². The number of allylic oxidation sites excluding steroid dienone is 1. The van der Waals surface area contributed by atoms with E-state index >= 15 is 0 Å². The lowest BCUT2D eigenvalue weighted by Crippen LogP contribution is -2.36. The minimum Gasteiger partial charge on any atom is -0.382 e. The largest absolute Gasteiger partial charge is 0.382 e.